The van der Waals surface area contributed by atoms with Gasteiger partial charge in [0.15, 0.2) is 0 Å². The van der Waals surface area contributed by atoms with Gasteiger partial charge in [-0.1, -0.05) is 0 Å². The second-order valence-electron chi connectivity index (χ2n) is 3.34. The summed E-state index contributed by atoms with van der Waals surface area (Å²) in [6, 6.07) is -0.0368. The molecule has 0 aromatic carbocycles. The summed E-state index contributed by atoms with van der Waals surface area (Å²) in [5, 5.41) is 2.68. The molecule has 1 unspecified atom stereocenters. The van der Waals surface area contributed by atoms with Crippen molar-refractivity contribution in [2.45, 2.75) is 26.3 Å². The van der Waals surface area contributed by atoms with Gasteiger partial charge in [0.1, 0.15) is 12.7 Å². The zero-order chi connectivity index (χ0) is 10.6. The van der Waals surface area contributed by atoms with Crippen LogP contribution in [0.2, 0.25) is 0 Å². The minimum Gasteiger partial charge on any atom is -0.448 e. The molecule has 0 radical (unpaired) electrons. The van der Waals surface area contributed by atoms with Crippen LogP contribution in [0, 0.1) is 6.92 Å². The molecule has 1 heterocycles. The Hall–Kier alpha value is -1.36. The maximum atomic E-state index is 11.3. The summed E-state index contributed by atoms with van der Waals surface area (Å²) in [7, 11) is 0. The smallest absolute Gasteiger partial charge is 0.229 e. The van der Waals surface area contributed by atoms with Gasteiger partial charge in [0.25, 0.3) is 0 Å². The lowest BCUT2D eigenvalue weighted by Crippen LogP contribution is -2.35. The first-order valence-electron chi connectivity index (χ1n) is 4.51. The summed E-state index contributed by atoms with van der Waals surface area (Å²) in [4.78, 5) is 15.3. The quantitative estimate of drug-likeness (QED) is 0.711. The van der Waals surface area contributed by atoms with E-state index in [1.165, 1.54) is 6.26 Å². The van der Waals surface area contributed by atoms with E-state index in [0.29, 0.717) is 12.4 Å². The van der Waals surface area contributed by atoms with E-state index in [1.807, 2.05) is 13.8 Å². The van der Waals surface area contributed by atoms with Crippen LogP contribution >= 0.6 is 0 Å². The van der Waals surface area contributed by atoms with Gasteiger partial charge >= 0.3 is 0 Å². The highest BCUT2D eigenvalue weighted by atomic mass is 16.3. The summed E-state index contributed by atoms with van der Waals surface area (Å²) in [5.41, 5.74) is 6.26. The first-order chi connectivity index (χ1) is 6.58. The Kier molecular flexibility index (Phi) is 3.64. The van der Waals surface area contributed by atoms with E-state index < -0.39 is 0 Å². The van der Waals surface area contributed by atoms with Crippen LogP contribution in [0.4, 0.5) is 0 Å². The molecule has 78 valence electrons. The van der Waals surface area contributed by atoms with Crippen molar-refractivity contribution >= 4 is 5.91 Å². The van der Waals surface area contributed by atoms with Gasteiger partial charge in [-0.15, -0.1) is 0 Å². The van der Waals surface area contributed by atoms with Gasteiger partial charge in [0, 0.05) is 12.6 Å². The maximum absolute atomic E-state index is 11.3. The van der Waals surface area contributed by atoms with Crippen LogP contribution < -0.4 is 11.1 Å². The Labute approximate surface area is 82.7 Å². The molecule has 0 aliphatic heterocycles. The number of hydrogen-bond acceptors (Lipinski definition) is 4. The minimum atomic E-state index is -0.121. The molecule has 0 saturated heterocycles. The molecule has 0 bridgehead atoms. The number of amides is 1. The average molecular weight is 197 g/mol. The van der Waals surface area contributed by atoms with E-state index in [0.717, 1.165) is 5.69 Å². The van der Waals surface area contributed by atoms with Gasteiger partial charge < -0.3 is 15.5 Å². The molecule has 0 saturated carbocycles. The molecule has 1 rings (SSSR count). The van der Waals surface area contributed by atoms with Gasteiger partial charge in [-0.3, -0.25) is 4.79 Å². The van der Waals surface area contributed by atoms with Crippen LogP contribution in [0.5, 0.6) is 0 Å². The number of aryl methyl sites for hydroxylation is 1. The zero-order valence-electron chi connectivity index (χ0n) is 8.41. The molecule has 1 aromatic heterocycles. The van der Waals surface area contributed by atoms with Crippen LogP contribution in [0.15, 0.2) is 10.7 Å². The first-order valence-corrected chi connectivity index (χ1v) is 4.51. The monoisotopic (exact) mass is 197 g/mol. The number of carbonyl (C=O) groups is 1. The minimum absolute atomic E-state index is 0.0368. The van der Waals surface area contributed by atoms with Crippen LogP contribution in [0.1, 0.15) is 18.5 Å². The first kappa shape index (κ1) is 10.7. The van der Waals surface area contributed by atoms with Crippen molar-refractivity contribution in [2.24, 2.45) is 5.73 Å². The van der Waals surface area contributed by atoms with E-state index in [2.05, 4.69) is 10.3 Å². The summed E-state index contributed by atoms with van der Waals surface area (Å²) in [6.07, 6.45) is 1.69. The average Bonchev–Trinajstić information content (AvgIpc) is 2.48. The standard InChI is InChI=1S/C9H15N3O2/c1-6(10)4-11-8(13)3-9-12-7(2)5-14-9/h5-6H,3-4,10H2,1-2H3,(H,11,13). The summed E-state index contributed by atoms with van der Waals surface area (Å²) in [6.45, 7) is 4.11. The SMILES string of the molecule is Cc1coc(CC(=O)NCC(C)N)n1. The van der Waals surface area contributed by atoms with Crippen molar-refractivity contribution in [3.05, 3.63) is 17.8 Å². The molecule has 5 nitrogen and oxygen atoms in total. The molecule has 0 fully saturated rings. The number of aromatic nitrogens is 1. The molecule has 1 aromatic rings. The fraction of sp³-hybridized carbons (Fsp3) is 0.556. The van der Waals surface area contributed by atoms with Crippen LogP contribution in [-0.4, -0.2) is 23.5 Å². The molecule has 0 spiro atoms. The number of nitrogens with one attached hydrogen (secondary N) is 1. The molecule has 0 aliphatic carbocycles. The normalized spacial score (nSPS) is 12.5. The molecular weight excluding hydrogens is 182 g/mol. The Morgan fingerprint density at radius 3 is 3.00 bits per heavy atom. The largest absolute Gasteiger partial charge is 0.448 e. The Morgan fingerprint density at radius 2 is 2.50 bits per heavy atom. The van der Waals surface area contributed by atoms with E-state index in [4.69, 9.17) is 10.2 Å². The third kappa shape index (κ3) is 3.57. The Bertz CT molecular complexity index is 307. The van der Waals surface area contributed by atoms with Gasteiger partial charge in [-0.05, 0) is 13.8 Å². The zero-order valence-corrected chi connectivity index (χ0v) is 8.41. The van der Waals surface area contributed by atoms with Crippen molar-refractivity contribution in [2.75, 3.05) is 6.54 Å². The third-order valence-electron chi connectivity index (χ3n) is 1.60. The van der Waals surface area contributed by atoms with Crippen molar-refractivity contribution in [3.63, 3.8) is 0 Å². The number of nitrogens with two attached hydrogens (primary N) is 1. The number of oxazole rings is 1. The van der Waals surface area contributed by atoms with Gasteiger partial charge in [0.2, 0.25) is 11.8 Å². The summed E-state index contributed by atoms with van der Waals surface area (Å²) in [5.74, 6) is 0.314. The predicted octanol–water partition coefficient (Wildman–Crippen LogP) is -0.0111. The maximum Gasteiger partial charge on any atom is 0.229 e. The van der Waals surface area contributed by atoms with Crippen molar-refractivity contribution in [3.8, 4) is 0 Å². The van der Waals surface area contributed by atoms with Gasteiger partial charge in [-0.2, -0.15) is 0 Å². The van der Waals surface area contributed by atoms with Gasteiger partial charge in [0.05, 0.1) is 5.69 Å². The lowest BCUT2D eigenvalue weighted by molar-refractivity contribution is -0.120. The fourth-order valence-electron chi connectivity index (χ4n) is 0.959. The highest BCUT2D eigenvalue weighted by molar-refractivity contribution is 5.77. The van der Waals surface area contributed by atoms with E-state index in [9.17, 15) is 4.79 Å². The topological polar surface area (TPSA) is 81.2 Å². The molecule has 5 heteroatoms. The highest BCUT2D eigenvalue weighted by Crippen LogP contribution is 2.00. The van der Waals surface area contributed by atoms with E-state index >= 15 is 0 Å². The van der Waals surface area contributed by atoms with Crippen LogP contribution in [0.25, 0.3) is 0 Å². The number of hydrogen-bond donors (Lipinski definition) is 2. The predicted molar refractivity (Wildman–Crippen MR) is 51.6 cm³/mol. The number of carbonyl (C=O) groups excluding carboxylic acids is 1. The molecule has 1 atom stereocenters. The third-order valence-corrected chi connectivity index (χ3v) is 1.60. The van der Waals surface area contributed by atoms with E-state index in [1.54, 1.807) is 0 Å². The lowest BCUT2D eigenvalue weighted by Gasteiger charge is -2.05. The number of rotatable bonds is 4. The Morgan fingerprint density at radius 1 is 1.79 bits per heavy atom. The molecule has 0 aliphatic rings. The lowest BCUT2D eigenvalue weighted by atomic mass is 10.3. The molecule has 1 amide bonds. The van der Waals surface area contributed by atoms with Crippen molar-refractivity contribution < 1.29 is 9.21 Å². The summed E-state index contributed by atoms with van der Waals surface area (Å²) < 4.78 is 5.04. The van der Waals surface area contributed by atoms with Gasteiger partial charge in [-0.25, -0.2) is 4.98 Å². The van der Waals surface area contributed by atoms with Crippen LogP contribution in [-0.2, 0) is 11.2 Å². The molecule has 3 N–H and O–H groups in total. The Balaban J connectivity index is 2.34. The molecular formula is C9H15N3O2. The van der Waals surface area contributed by atoms with Crippen molar-refractivity contribution in [1.82, 2.24) is 10.3 Å². The van der Waals surface area contributed by atoms with Crippen LogP contribution in [0.3, 0.4) is 0 Å². The molecule has 14 heavy (non-hydrogen) atoms. The highest BCUT2D eigenvalue weighted by Gasteiger charge is 2.08. The summed E-state index contributed by atoms with van der Waals surface area (Å²) >= 11 is 0. The fourth-order valence-corrected chi connectivity index (χ4v) is 0.959. The van der Waals surface area contributed by atoms with E-state index in [-0.39, 0.29) is 18.4 Å². The number of nitrogens with zero attached hydrogens (tertiary/aromatic N) is 1. The second kappa shape index (κ2) is 4.76. The second-order valence-corrected chi connectivity index (χ2v) is 3.34. The van der Waals surface area contributed by atoms with Crippen molar-refractivity contribution in [1.29, 1.82) is 0 Å².